The minimum Gasteiger partial charge on any atom is -0.454 e. The number of rotatable bonds is 4. The van der Waals surface area contributed by atoms with Gasteiger partial charge >= 0.3 is 6.03 Å². The topological polar surface area (TPSA) is 50.8 Å². The first-order chi connectivity index (χ1) is 12.1. The number of nitrogens with one attached hydrogen (secondary N) is 1. The number of carbonyl (C=O) groups excluding carboxylic acids is 1. The minimum absolute atomic E-state index is 0.142. The van der Waals surface area contributed by atoms with E-state index in [0.29, 0.717) is 22.7 Å². The number of ether oxygens (including phenoxy) is 2. The summed E-state index contributed by atoms with van der Waals surface area (Å²) < 4.78 is 24.7. The lowest BCUT2D eigenvalue weighted by molar-refractivity contribution is 0.174. The van der Waals surface area contributed by atoms with E-state index in [1.165, 1.54) is 6.07 Å². The van der Waals surface area contributed by atoms with Crippen LogP contribution in [0.15, 0.2) is 42.5 Å². The van der Waals surface area contributed by atoms with Crippen molar-refractivity contribution >= 4 is 11.7 Å². The molecule has 0 bridgehead atoms. The van der Waals surface area contributed by atoms with Crippen molar-refractivity contribution in [3.05, 3.63) is 53.8 Å². The molecule has 0 aromatic heterocycles. The quantitative estimate of drug-likeness (QED) is 0.901. The van der Waals surface area contributed by atoms with Crippen molar-refractivity contribution in [1.82, 2.24) is 4.90 Å². The Kier molecular flexibility index (Phi) is 3.95. The molecular weight excluding hydrogens is 323 g/mol. The number of carbonyl (C=O) groups is 1. The first-order valence-corrected chi connectivity index (χ1v) is 8.37. The fourth-order valence-electron chi connectivity index (χ4n) is 3.14. The molecule has 1 aliphatic carbocycles. The van der Waals surface area contributed by atoms with Gasteiger partial charge in [-0.2, -0.15) is 0 Å². The van der Waals surface area contributed by atoms with Gasteiger partial charge in [0.05, 0.1) is 6.04 Å². The van der Waals surface area contributed by atoms with Gasteiger partial charge in [-0.1, -0.05) is 18.2 Å². The third-order valence-electron chi connectivity index (χ3n) is 4.57. The van der Waals surface area contributed by atoms with Crippen LogP contribution in [0.3, 0.4) is 0 Å². The fraction of sp³-hybridized carbons (Fsp3) is 0.316. The number of nitrogens with zero attached hydrogens (tertiary/aromatic N) is 1. The van der Waals surface area contributed by atoms with Crippen molar-refractivity contribution in [2.75, 3.05) is 12.1 Å². The summed E-state index contributed by atoms with van der Waals surface area (Å²) >= 11 is 0. The Morgan fingerprint density at radius 1 is 1.20 bits per heavy atom. The van der Waals surface area contributed by atoms with Gasteiger partial charge in [0.2, 0.25) is 6.79 Å². The lowest BCUT2D eigenvalue weighted by Gasteiger charge is -2.30. The van der Waals surface area contributed by atoms with Crippen LogP contribution < -0.4 is 14.8 Å². The molecule has 2 aromatic carbocycles. The molecule has 1 saturated carbocycles. The van der Waals surface area contributed by atoms with E-state index in [2.05, 4.69) is 5.32 Å². The monoisotopic (exact) mass is 342 g/mol. The zero-order valence-corrected chi connectivity index (χ0v) is 13.9. The number of hydrogen-bond donors (Lipinski definition) is 1. The van der Waals surface area contributed by atoms with Gasteiger partial charge in [0, 0.05) is 23.4 Å². The van der Waals surface area contributed by atoms with Gasteiger partial charge in [0.1, 0.15) is 5.82 Å². The molecule has 5 nitrogen and oxygen atoms in total. The third-order valence-corrected chi connectivity index (χ3v) is 4.57. The highest BCUT2D eigenvalue weighted by atomic mass is 19.1. The molecule has 6 heteroatoms. The zero-order chi connectivity index (χ0) is 17.4. The zero-order valence-electron chi connectivity index (χ0n) is 13.9. The summed E-state index contributed by atoms with van der Waals surface area (Å²) in [4.78, 5) is 14.6. The molecule has 4 rings (SSSR count). The molecule has 1 unspecified atom stereocenters. The summed E-state index contributed by atoms with van der Waals surface area (Å²) in [6, 6.07) is 11.4. The highest BCUT2D eigenvalue weighted by Gasteiger charge is 2.37. The molecule has 0 spiro atoms. The summed E-state index contributed by atoms with van der Waals surface area (Å²) in [5, 5.41) is 2.89. The fourth-order valence-corrected chi connectivity index (χ4v) is 3.14. The lowest BCUT2D eigenvalue weighted by atomic mass is 10.1. The molecule has 2 aliphatic rings. The maximum Gasteiger partial charge on any atom is 0.322 e. The van der Waals surface area contributed by atoms with Crippen molar-refractivity contribution in [2.24, 2.45) is 0 Å². The second-order valence-electron chi connectivity index (χ2n) is 6.33. The van der Waals surface area contributed by atoms with Crippen molar-refractivity contribution in [1.29, 1.82) is 0 Å². The molecule has 1 N–H and O–H groups in total. The second kappa shape index (κ2) is 6.27. The Bertz CT molecular complexity index is 807. The molecule has 2 amide bonds. The molecule has 1 aliphatic heterocycles. The van der Waals surface area contributed by atoms with Crippen molar-refractivity contribution in [2.45, 2.75) is 31.8 Å². The number of anilines is 1. The number of amides is 2. The minimum atomic E-state index is -0.345. The van der Waals surface area contributed by atoms with E-state index in [9.17, 15) is 9.18 Å². The maximum absolute atomic E-state index is 14.1. The van der Waals surface area contributed by atoms with Crippen LogP contribution in [0, 0.1) is 5.82 Å². The number of halogens is 1. The Morgan fingerprint density at radius 2 is 1.96 bits per heavy atom. The first kappa shape index (κ1) is 15.7. The van der Waals surface area contributed by atoms with Gasteiger partial charge in [0.15, 0.2) is 11.5 Å². The van der Waals surface area contributed by atoms with Crippen LogP contribution in [0.1, 0.15) is 31.4 Å². The number of hydrogen-bond acceptors (Lipinski definition) is 3. The Balaban J connectivity index is 1.55. The van der Waals surface area contributed by atoms with E-state index in [1.54, 1.807) is 41.3 Å². The SMILES string of the molecule is CC(c1ccccc1F)N(C(=O)Nc1ccc2c(c1)OCO2)C1CC1. The van der Waals surface area contributed by atoms with Gasteiger partial charge in [-0.25, -0.2) is 9.18 Å². The molecule has 1 fully saturated rings. The molecule has 1 heterocycles. The standard InChI is InChI=1S/C19H19FN2O3/c1-12(15-4-2-3-5-16(15)20)22(14-7-8-14)19(23)21-13-6-9-17-18(10-13)25-11-24-17/h2-6,9-10,12,14H,7-8,11H2,1H3,(H,21,23). The van der Waals surface area contributed by atoms with E-state index in [-0.39, 0.29) is 30.7 Å². The highest BCUT2D eigenvalue weighted by molar-refractivity contribution is 5.90. The molecule has 0 saturated heterocycles. The average molecular weight is 342 g/mol. The molecule has 1 atom stereocenters. The van der Waals surface area contributed by atoms with E-state index < -0.39 is 0 Å². The van der Waals surface area contributed by atoms with Gasteiger partial charge in [0.25, 0.3) is 0 Å². The maximum atomic E-state index is 14.1. The van der Waals surface area contributed by atoms with Crippen molar-refractivity contribution in [3.63, 3.8) is 0 Å². The van der Waals surface area contributed by atoms with E-state index in [0.717, 1.165) is 12.8 Å². The number of fused-ring (bicyclic) bond motifs is 1. The predicted molar refractivity (Wildman–Crippen MR) is 91.3 cm³/mol. The average Bonchev–Trinajstić information content (AvgIpc) is 3.31. The molecular formula is C19H19FN2O3. The lowest BCUT2D eigenvalue weighted by Crippen LogP contribution is -2.39. The summed E-state index contributed by atoms with van der Waals surface area (Å²) in [6.45, 7) is 2.04. The van der Waals surface area contributed by atoms with Crippen LogP contribution in [0.4, 0.5) is 14.9 Å². The van der Waals surface area contributed by atoms with Crippen LogP contribution in [-0.4, -0.2) is 23.8 Å². The molecule has 25 heavy (non-hydrogen) atoms. The number of benzene rings is 2. The second-order valence-corrected chi connectivity index (χ2v) is 6.33. The van der Waals surface area contributed by atoms with Crippen molar-refractivity contribution < 1.29 is 18.7 Å². The predicted octanol–water partition coefficient (Wildman–Crippen LogP) is 4.31. The smallest absolute Gasteiger partial charge is 0.322 e. The van der Waals surface area contributed by atoms with E-state index in [4.69, 9.17) is 9.47 Å². The van der Waals surface area contributed by atoms with Gasteiger partial charge in [-0.15, -0.1) is 0 Å². The summed E-state index contributed by atoms with van der Waals surface area (Å²) in [6.07, 6.45) is 1.88. The Hall–Kier alpha value is -2.76. The highest BCUT2D eigenvalue weighted by Crippen LogP contribution is 2.37. The molecule has 130 valence electrons. The largest absolute Gasteiger partial charge is 0.454 e. The van der Waals surface area contributed by atoms with Gasteiger partial charge in [-0.3, -0.25) is 0 Å². The van der Waals surface area contributed by atoms with Crippen molar-refractivity contribution in [3.8, 4) is 11.5 Å². The Morgan fingerprint density at radius 3 is 2.72 bits per heavy atom. The van der Waals surface area contributed by atoms with Gasteiger partial charge < -0.3 is 19.7 Å². The summed E-state index contributed by atoms with van der Waals surface area (Å²) in [5.74, 6) is 0.978. The van der Waals surface area contributed by atoms with E-state index in [1.807, 2.05) is 6.92 Å². The van der Waals surface area contributed by atoms with Crippen LogP contribution in [-0.2, 0) is 0 Å². The van der Waals surface area contributed by atoms with Crippen LogP contribution in [0.2, 0.25) is 0 Å². The van der Waals surface area contributed by atoms with Crippen LogP contribution in [0.25, 0.3) is 0 Å². The number of urea groups is 1. The van der Waals surface area contributed by atoms with Crippen LogP contribution in [0.5, 0.6) is 11.5 Å². The summed E-state index contributed by atoms with van der Waals surface area (Å²) in [5.41, 5.74) is 1.15. The van der Waals surface area contributed by atoms with E-state index >= 15 is 0 Å². The molecule has 2 aromatic rings. The Labute approximate surface area is 145 Å². The summed E-state index contributed by atoms with van der Waals surface area (Å²) in [7, 11) is 0. The third kappa shape index (κ3) is 3.12. The van der Waals surface area contributed by atoms with Gasteiger partial charge in [-0.05, 0) is 38.0 Å². The first-order valence-electron chi connectivity index (χ1n) is 8.37. The molecule has 0 radical (unpaired) electrons. The van der Waals surface area contributed by atoms with Crippen LogP contribution >= 0.6 is 0 Å². The normalized spacial score (nSPS) is 16.4.